The van der Waals surface area contributed by atoms with Crippen molar-refractivity contribution in [2.75, 3.05) is 12.4 Å². The summed E-state index contributed by atoms with van der Waals surface area (Å²) >= 11 is 0. The van der Waals surface area contributed by atoms with Crippen LogP contribution in [0.1, 0.15) is 21.5 Å². The first-order valence-corrected chi connectivity index (χ1v) is 6.93. The monoisotopic (exact) mass is 313 g/mol. The van der Waals surface area contributed by atoms with E-state index in [2.05, 4.69) is 10.1 Å². The molecule has 0 atom stereocenters. The molecule has 2 rings (SSSR count). The average Bonchev–Trinajstić information content (AvgIpc) is 2.54. The Hall–Kier alpha value is -2.95. The van der Waals surface area contributed by atoms with Gasteiger partial charge in [-0.1, -0.05) is 18.2 Å². The SMILES string of the molecule is COC(=O)c1ccc(C)c(NC(=O)/C=C/c2cccc(F)c2)c1. The molecule has 23 heavy (non-hydrogen) atoms. The lowest BCUT2D eigenvalue weighted by molar-refractivity contribution is -0.111. The summed E-state index contributed by atoms with van der Waals surface area (Å²) in [6.07, 6.45) is 2.82. The Labute approximate surface area is 133 Å². The van der Waals surface area contributed by atoms with Crippen LogP contribution in [0.2, 0.25) is 0 Å². The number of esters is 1. The summed E-state index contributed by atoms with van der Waals surface area (Å²) in [4.78, 5) is 23.5. The van der Waals surface area contributed by atoms with Gasteiger partial charge in [0.25, 0.3) is 0 Å². The van der Waals surface area contributed by atoms with Crippen LogP contribution in [0.3, 0.4) is 0 Å². The molecule has 0 unspecified atom stereocenters. The molecule has 0 spiro atoms. The van der Waals surface area contributed by atoms with Crippen LogP contribution in [0, 0.1) is 12.7 Å². The van der Waals surface area contributed by atoms with Crippen LogP contribution >= 0.6 is 0 Å². The molecule has 0 aromatic heterocycles. The highest BCUT2D eigenvalue weighted by molar-refractivity contribution is 6.03. The molecule has 0 saturated heterocycles. The molecule has 5 heteroatoms. The van der Waals surface area contributed by atoms with Gasteiger partial charge in [0.15, 0.2) is 0 Å². The first kappa shape index (κ1) is 16.4. The van der Waals surface area contributed by atoms with E-state index in [-0.39, 0.29) is 11.7 Å². The smallest absolute Gasteiger partial charge is 0.337 e. The van der Waals surface area contributed by atoms with Crippen LogP contribution in [-0.4, -0.2) is 19.0 Å². The molecule has 0 fully saturated rings. The minimum Gasteiger partial charge on any atom is -0.465 e. The van der Waals surface area contributed by atoms with E-state index in [1.54, 1.807) is 30.3 Å². The summed E-state index contributed by atoms with van der Waals surface area (Å²) in [5.41, 5.74) is 2.26. The number of amides is 1. The maximum Gasteiger partial charge on any atom is 0.337 e. The number of benzene rings is 2. The van der Waals surface area contributed by atoms with Crippen LogP contribution in [0.25, 0.3) is 6.08 Å². The maximum absolute atomic E-state index is 13.1. The van der Waals surface area contributed by atoms with E-state index in [1.165, 1.54) is 31.4 Å². The van der Waals surface area contributed by atoms with E-state index < -0.39 is 5.97 Å². The van der Waals surface area contributed by atoms with Crippen LogP contribution in [0.4, 0.5) is 10.1 Å². The number of hydrogen-bond acceptors (Lipinski definition) is 3. The zero-order chi connectivity index (χ0) is 16.8. The van der Waals surface area contributed by atoms with Crippen molar-refractivity contribution in [1.29, 1.82) is 0 Å². The van der Waals surface area contributed by atoms with Crippen molar-refractivity contribution in [2.24, 2.45) is 0 Å². The lowest BCUT2D eigenvalue weighted by atomic mass is 10.1. The Bertz CT molecular complexity index is 769. The van der Waals surface area contributed by atoms with Gasteiger partial charge in [-0.25, -0.2) is 9.18 Å². The number of hydrogen-bond donors (Lipinski definition) is 1. The summed E-state index contributed by atoms with van der Waals surface area (Å²) in [5.74, 6) is -1.22. The molecule has 1 amide bonds. The molecule has 0 saturated carbocycles. The molecule has 0 heterocycles. The van der Waals surface area contributed by atoms with E-state index in [4.69, 9.17) is 0 Å². The van der Waals surface area contributed by atoms with Gasteiger partial charge in [0.05, 0.1) is 12.7 Å². The largest absolute Gasteiger partial charge is 0.465 e. The molecule has 0 aliphatic heterocycles. The zero-order valence-corrected chi connectivity index (χ0v) is 12.8. The van der Waals surface area contributed by atoms with Gasteiger partial charge in [-0.15, -0.1) is 0 Å². The molecular formula is C18H16FNO3. The Kier molecular flexibility index (Phi) is 5.25. The van der Waals surface area contributed by atoms with Crippen molar-refractivity contribution >= 4 is 23.6 Å². The second kappa shape index (κ2) is 7.35. The highest BCUT2D eigenvalue weighted by atomic mass is 19.1. The zero-order valence-electron chi connectivity index (χ0n) is 12.8. The number of carbonyl (C=O) groups is 2. The molecular weight excluding hydrogens is 297 g/mol. The number of rotatable bonds is 4. The van der Waals surface area contributed by atoms with Gasteiger partial charge in [0.2, 0.25) is 5.91 Å². The third-order valence-corrected chi connectivity index (χ3v) is 3.19. The minimum absolute atomic E-state index is 0.350. The number of carbonyl (C=O) groups excluding carboxylic acids is 2. The lowest BCUT2D eigenvalue weighted by Gasteiger charge is -2.08. The predicted molar refractivity (Wildman–Crippen MR) is 86.6 cm³/mol. The van der Waals surface area contributed by atoms with E-state index in [0.717, 1.165) is 5.56 Å². The number of nitrogens with one attached hydrogen (secondary N) is 1. The third kappa shape index (κ3) is 4.51. The van der Waals surface area contributed by atoms with Crippen molar-refractivity contribution in [3.8, 4) is 0 Å². The molecule has 2 aromatic carbocycles. The number of anilines is 1. The van der Waals surface area contributed by atoms with Crippen molar-refractivity contribution < 1.29 is 18.7 Å². The van der Waals surface area contributed by atoms with E-state index in [0.29, 0.717) is 16.8 Å². The van der Waals surface area contributed by atoms with Crippen LogP contribution in [0.15, 0.2) is 48.5 Å². The molecule has 0 bridgehead atoms. The number of ether oxygens (including phenoxy) is 1. The van der Waals surface area contributed by atoms with Crippen LogP contribution in [0.5, 0.6) is 0 Å². The average molecular weight is 313 g/mol. The van der Waals surface area contributed by atoms with E-state index >= 15 is 0 Å². The molecule has 0 aliphatic rings. The standard InChI is InChI=1S/C18H16FNO3/c1-12-6-8-14(18(22)23-2)11-16(12)20-17(21)9-7-13-4-3-5-15(19)10-13/h3-11H,1-2H3,(H,20,21)/b9-7+. The van der Waals surface area contributed by atoms with Crippen molar-refractivity contribution in [3.63, 3.8) is 0 Å². The number of halogens is 1. The van der Waals surface area contributed by atoms with Crippen molar-refractivity contribution in [1.82, 2.24) is 0 Å². The molecule has 0 aliphatic carbocycles. The highest BCUT2D eigenvalue weighted by Crippen LogP contribution is 2.17. The fourth-order valence-electron chi connectivity index (χ4n) is 1.96. The first-order valence-electron chi connectivity index (χ1n) is 6.93. The van der Waals surface area contributed by atoms with Gasteiger partial charge in [-0.3, -0.25) is 4.79 Å². The van der Waals surface area contributed by atoms with E-state index in [9.17, 15) is 14.0 Å². The quantitative estimate of drug-likeness (QED) is 0.693. The summed E-state index contributed by atoms with van der Waals surface area (Å²) in [6, 6.07) is 10.8. The first-order chi connectivity index (χ1) is 11.0. The summed E-state index contributed by atoms with van der Waals surface area (Å²) < 4.78 is 17.7. The summed E-state index contributed by atoms with van der Waals surface area (Å²) in [7, 11) is 1.29. The fourth-order valence-corrected chi connectivity index (χ4v) is 1.96. The lowest BCUT2D eigenvalue weighted by Crippen LogP contribution is -2.10. The maximum atomic E-state index is 13.1. The van der Waals surface area contributed by atoms with Gasteiger partial charge >= 0.3 is 5.97 Å². The normalized spacial score (nSPS) is 10.6. The van der Waals surface area contributed by atoms with Crippen molar-refractivity contribution in [3.05, 3.63) is 71.0 Å². The molecule has 1 N–H and O–H groups in total. The van der Waals surface area contributed by atoms with Gasteiger partial charge < -0.3 is 10.1 Å². The number of aryl methyl sites for hydroxylation is 1. The fraction of sp³-hybridized carbons (Fsp3) is 0.111. The predicted octanol–water partition coefficient (Wildman–Crippen LogP) is 3.57. The number of methoxy groups -OCH3 is 1. The Morgan fingerprint density at radius 3 is 2.65 bits per heavy atom. The topological polar surface area (TPSA) is 55.4 Å². The summed E-state index contributed by atoms with van der Waals surface area (Å²) in [5, 5.41) is 2.69. The Morgan fingerprint density at radius 2 is 1.96 bits per heavy atom. The second-order valence-electron chi connectivity index (χ2n) is 4.90. The van der Waals surface area contributed by atoms with Gasteiger partial charge in [-0.2, -0.15) is 0 Å². The van der Waals surface area contributed by atoms with E-state index in [1.807, 2.05) is 6.92 Å². The van der Waals surface area contributed by atoms with Crippen LogP contribution < -0.4 is 5.32 Å². The summed E-state index contributed by atoms with van der Waals surface area (Å²) in [6.45, 7) is 1.81. The second-order valence-corrected chi connectivity index (χ2v) is 4.90. The minimum atomic E-state index is -0.476. The third-order valence-electron chi connectivity index (χ3n) is 3.19. The van der Waals surface area contributed by atoms with Gasteiger partial charge in [0, 0.05) is 11.8 Å². The molecule has 0 radical (unpaired) electrons. The Balaban J connectivity index is 2.12. The van der Waals surface area contributed by atoms with Crippen LogP contribution in [-0.2, 0) is 9.53 Å². The van der Waals surface area contributed by atoms with Gasteiger partial charge in [0.1, 0.15) is 5.82 Å². The van der Waals surface area contributed by atoms with Crippen molar-refractivity contribution in [2.45, 2.75) is 6.92 Å². The molecule has 2 aromatic rings. The Morgan fingerprint density at radius 1 is 1.17 bits per heavy atom. The van der Waals surface area contributed by atoms with Gasteiger partial charge in [-0.05, 0) is 48.4 Å². The highest BCUT2D eigenvalue weighted by Gasteiger charge is 2.09. The molecule has 118 valence electrons. The molecule has 4 nitrogen and oxygen atoms in total.